The van der Waals surface area contributed by atoms with Crippen LogP contribution in [-0.4, -0.2) is 29.8 Å². The highest BCUT2D eigenvalue weighted by atomic mass is 35.5. The van der Waals surface area contributed by atoms with Crippen molar-refractivity contribution >= 4 is 34.9 Å². The fraction of sp³-hybridized carbons (Fsp3) is 0.700. The lowest BCUT2D eigenvalue weighted by atomic mass is 9.96. The monoisotopic (exact) mass is 316 g/mol. The van der Waals surface area contributed by atoms with Gasteiger partial charge in [-0.1, -0.05) is 47.1 Å². The van der Waals surface area contributed by atoms with Crippen molar-refractivity contribution in [3.63, 3.8) is 0 Å². The Kier molecular flexibility index (Phi) is 4.29. The van der Waals surface area contributed by atoms with E-state index in [1.54, 1.807) is 11.8 Å². The first-order valence-corrected chi connectivity index (χ1v) is 8.35. The van der Waals surface area contributed by atoms with Crippen LogP contribution in [0.15, 0.2) is 5.16 Å². The van der Waals surface area contributed by atoms with E-state index in [1.165, 1.54) is 30.8 Å². The molecule has 0 amide bonds. The molecule has 1 aliphatic rings. The molecule has 0 unspecified atom stereocenters. The number of rotatable bonds is 4. The van der Waals surface area contributed by atoms with Crippen molar-refractivity contribution in [1.82, 2.24) is 29.8 Å². The van der Waals surface area contributed by atoms with Crippen LogP contribution in [0.1, 0.15) is 43.8 Å². The van der Waals surface area contributed by atoms with E-state index in [0.29, 0.717) is 16.1 Å². The maximum absolute atomic E-state index is 5.99. The van der Waals surface area contributed by atoms with E-state index >= 15 is 0 Å². The molecule has 0 saturated heterocycles. The molecule has 1 aliphatic carbocycles. The fourth-order valence-electron chi connectivity index (χ4n) is 2.25. The molecule has 0 N–H and O–H groups in total. The predicted octanol–water partition coefficient (Wildman–Crippen LogP) is 2.98. The van der Waals surface area contributed by atoms with Crippen molar-refractivity contribution in [1.29, 1.82) is 0 Å². The number of tetrazole rings is 1. The lowest BCUT2D eigenvalue weighted by Gasteiger charge is -2.21. The van der Waals surface area contributed by atoms with Gasteiger partial charge in [0.05, 0.1) is 6.04 Å². The maximum atomic E-state index is 5.99. The van der Waals surface area contributed by atoms with Crippen LogP contribution in [0.4, 0.5) is 0 Å². The summed E-state index contributed by atoms with van der Waals surface area (Å²) in [5.41, 5.74) is 0.801. The van der Waals surface area contributed by atoms with E-state index in [-0.39, 0.29) is 0 Å². The normalized spacial score (nSPS) is 16.9. The number of hydrogen-bond donors (Lipinski definition) is 0. The Hall–Kier alpha value is -0.730. The Morgan fingerprint density at radius 1 is 1.26 bits per heavy atom. The van der Waals surface area contributed by atoms with Gasteiger partial charge in [-0.25, -0.2) is 4.68 Å². The van der Waals surface area contributed by atoms with Crippen LogP contribution in [0.2, 0.25) is 4.34 Å². The van der Waals surface area contributed by atoms with Crippen LogP contribution in [0.3, 0.4) is 0 Å². The molecule has 0 aliphatic heterocycles. The molecule has 6 nitrogen and oxygen atoms in total. The zero-order chi connectivity index (χ0) is 13.1. The summed E-state index contributed by atoms with van der Waals surface area (Å²) in [6.07, 6.45) is 6.17. The molecular weight excluding hydrogens is 304 g/mol. The molecule has 0 bridgehead atoms. The van der Waals surface area contributed by atoms with E-state index in [2.05, 4.69) is 25.1 Å². The molecule has 0 spiro atoms. The summed E-state index contributed by atoms with van der Waals surface area (Å²) in [5, 5.41) is 16.9. The largest absolute Gasteiger partial charge is 0.217 e. The molecule has 0 radical (unpaired) electrons. The minimum absolute atomic E-state index is 0.440. The maximum Gasteiger partial charge on any atom is 0.209 e. The predicted molar refractivity (Wildman–Crippen MR) is 74.4 cm³/mol. The number of thioether (sulfide) groups is 1. The number of aromatic nitrogens is 6. The van der Waals surface area contributed by atoms with E-state index in [9.17, 15) is 0 Å². The summed E-state index contributed by atoms with van der Waals surface area (Å²) in [4.78, 5) is 0. The Morgan fingerprint density at radius 2 is 2.11 bits per heavy atom. The second-order valence-corrected chi connectivity index (χ2v) is 6.78. The molecule has 2 aromatic rings. The molecular formula is C10H13ClN6S2. The molecule has 2 aromatic heterocycles. The zero-order valence-electron chi connectivity index (χ0n) is 10.2. The third-order valence-corrected chi connectivity index (χ3v) is 5.16. The second kappa shape index (κ2) is 6.15. The highest BCUT2D eigenvalue weighted by molar-refractivity contribution is 7.98. The van der Waals surface area contributed by atoms with Crippen LogP contribution < -0.4 is 0 Å². The lowest BCUT2D eigenvalue weighted by molar-refractivity contribution is 0.307. The summed E-state index contributed by atoms with van der Waals surface area (Å²) in [7, 11) is 0. The average molecular weight is 317 g/mol. The Balaban J connectivity index is 1.68. The van der Waals surface area contributed by atoms with Gasteiger partial charge in [0.15, 0.2) is 0 Å². The second-order valence-electron chi connectivity index (χ2n) is 4.48. The highest BCUT2D eigenvalue weighted by Crippen LogP contribution is 2.31. The number of hydrogen-bond acceptors (Lipinski definition) is 7. The first kappa shape index (κ1) is 13.3. The Bertz CT molecular complexity index is 536. The van der Waals surface area contributed by atoms with E-state index < -0.39 is 0 Å². The average Bonchev–Trinajstić information content (AvgIpc) is 3.06. The SMILES string of the molecule is Clc1snnc1CSc1nnnn1C1CCCCC1. The van der Waals surface area contributed by atoms with Gasteiger partial charge in [0.25, 0.3) is 0 Å². The molecule has 0 atom stereocenters. The van der Waals surface area contributed by atoms with E-state index in [4.69, 9.17) is 11.6 Å². The topological polar surface area (TPSA) is 69.4 Å². The standard InChI is InChI=1S/C10H13ClN6S2/c11-9-8(12-16-19-9)6-18-10-13-14-15-17(10)7-4-2-1-3-5-7/h7H,1-6H2. The van der Waals surface area contributed by atoms with Crippen LogP contribution in [-0.2, 0) is 5.75 Å². The van der Waals surface area contributed by atoms with Crippen molar-refractivity contribution in [3.8, 4) is 0 Å². The van der Waals surface area contributed by atoms with Gasteiger partial charge in [-0.05, 0) is 23.3 Å². The summed E-state index contributed by atoms with van der Waals surface area (Å²) in [6.45, 7) is 0. The minimum Gasteiger partial charge on any atom is -0.217 e. The molecule has 19 heavy (non-hydrogen) atoms. The van der Waals surface area contributed by atoms with Gasteiger partial charge in [0, 0.05) is 17.3 Å². The summed E-state index contributed by atoms with van der Waals surface area (Å²) < 4.78 is 6.42. The number of nitrogens with zero attached hydrogens (tertiary/aromatic N) is 6. The highest BCUT2D eigenvalue weighted by Gasteiger charge is 2.20. The first-order chi connectivity index (χ1) is 9.34. The molecule has 9 heteroatoms. The van der Waals surface area contributed by atoms with Gasteiger partial charge in [0.1, 0.15) is 10.0 Å². The zero-order valence-corrected chi connectivity index (χ0v) is 12.6. The van der Waals surface area contributed by atoms with Crippen molar-refractivity contribution in [2.75, 3.05) is 0 Å². The molecule has 0 aromatic carbocycles. The third-order valence-electron chi connectivity index (χ3n) is 3.23. The van der Waals surface area contributed by atoms with Crippen LogP contribution in [0.25, 0.3) is 0 Å². The Morgan fingerprint density at radius 3 is 2.84 bits per heavy atom. The van der Waals surface area contributed by atoms with Gasteiger partial charge >= 0.3 is 0 Å². The molecule has 1 fully saturated rings. The molecule has 2 heterocycles. The molecule has 1 saturated carbocycles. The van der Waals surface area contributed by atoms with Gasteiger partial charge in [-0.2, -0.15) is 0 Å². The summed E-state index contributed by atoms with van der Waals surface area (Å²) >= 11 is 8.76. The third kappa shape index (κ3) is 3.06. The molecule has 102 valence electrons. The van der Waals surface area contributed by atoms with Crippen molar-refractivity contribution in [2.24, 2.45) is 0 Å². The lowest BCUT2D eigenvalue weighted by Crippen LogP contribution is -2.15. The van der Waals surface area contributed by atoms with Crippen LogP contribution in [0.5, 0.6) is 0 Å². The van der Waals surface area contributed by atoms with Gasteiger partial charge in [0.2, 0.25) is 5.16 Å². The quantitative estimate of drug-likeness (QED) is 0.808. The van der Waals surface area contributed by atoms with Gasteiger partial charge in [-0.15, -0.1) is 10.2 Å². The van der Waals surface area contributed by atoms with Crippen LogP contribution in [0, 0.1) is 0 Å². The smallest absolute Gasteiger partial charge is 0.209 e. The summed E-state index contributed by atoms with van der Waals surface area (Å²) in [5.74, 6) is 0.655. The number of halogens is 1. The van der Waals surface area contributed by atoms with E-state index in [0.717, 1.165) is 23.7 Å². The minimum atomic E-state index is 0.440. The van der Waals surface area contributed by atoms with Gasteiger partial charge in [-0.3, -0.25) is 0 Å². The van der Waals surface area contributed by atoms with Crippen LogP contribution >= 0.6 is 34.9 Å². The van der Waals surface area contributed by atoms with Crippen molar-refractivity contribution in [2.45, 2.75) is 49.1 Å². The Labute approximate surface area is 124 Å². The molecule has 3 rings (SSSR count). The first-order valence-electron chi connectivity index (χ1n) is 6.22. The van der Waals surface area contributed by atoms with Crippen molar-refractivity contribution in [3.05, 3.63) is 10.0 Å². The summed E-state index contributed by atoms with van der Waals surface area (Å²) in [6, 6.07) is 0.440. The van der Waals surface area contributed by atoms with E-state index in [1.807, 2.05) is 4.68 Å². The van der Waals surface area contributed by atoms with Gasteiger partial charge < -0.3 is 0 Å². The van der Waals surface area contributed by atoms with Crippen molar-refractivity contribution < 1.29 is 0 Å². The fourth-order valence-corrected chi connectivity index (χ4v) is 3.93.